The van der Waals surface area contributed by atoms with E-state index in [9.17, 15) is 4.79 Å². The van der Waals surface area contributed by atoms with Crippen LogP contribution in [0.2, 0.25) is 5.02 Å². The van der Waals surface area contributed by atoms with Crippen LogP contribution in [-0.4, -0.2) is 12.5 Å². The SMILES string of the molecule is C[C@@H]([NH2+]CC(=O)Nc1ccc(I)cc1)c1ccc(Cl)cc1. The van der Waals surface area contributed by atoms with E-state index in [1.54, 1.807) is 0 Å². The number of amides is 1. The Morgan fingerprint density at radius 2 is 1.81 bits per heavy atom. The van der Waals surface area contributed by atoms with Crippen molar-refractivity contribution < 1.29 is 10.1 Å². The number of carbonyl (C=O) groups is 1. The highest BCUT2D eigenvalue weighted by Crippen LogP contribution is 2.13. The van der Waals surface area contributed by atoms with Crippen molar-refractivity contribution in [1.29, 1.82) is 0 Å². The van der Waals surface area contributed by atoms with Crippen molar-refractivity contribution in [1.82, 2.24) is 0 Å². The van der Waals surface area contributed by atoms with Crippen LogP contribution in [0.1, 0.15) is 18.5 Å². The number of rotatable bonds is 5. The highest BCUT2D eigenvalue weighted by molar-refractivity contribution is 14.1. The quantitative estimate of drug-likeness (QED) is 0.724. The molecule has 0 saturated carbocycles. The fraction of sp³-hybridized carbons (Fsp3) is 0.188. The molecule has 2 aromatic rings. The molecule has 0 unspecified atom stereocenters. The molecule has 0 aliphatic heterocycles. The van der Waals surface area contributed by atoms with E-state index in [2.05, 4.69) is 34.8 Å². The fourth-order valence-corrected chi connectivity index (χ4v) is 2.42. The van der Waals surface area contributed by atoms with Crippen molar-refractivity contribution in [2.24, 2.45) is 0 Å². The molecule has 5 heteroatoms. The van der Waals surface area contributed by atoms with Crippen molar-refractivity contribution in [3.8, 4) is 0 Å². The number of halogens is 2. The summed E-state index contributed by atoms with van der Waals surface area (Å²) in [5.74, 6) is -0.00276. The largest absolute Gasteiger partial charge is 0.333 e. The van der Waals surface area contributed by atoms with Crippen molar-refractivity contribution in [2.45, 2.75) is 13.0 Å². The third-order valence-corrected chi connectivity index (χ3v) is 4.15. The summed E-state index contributed by atoms with van der Waals surface area (Å²) < 4.78 is 1.15. The van der Waals surface area contributed by atoms with Crippen molar-refractivity contribution in [3.63, 3.8) is 0 Å². The van der Waals surface area contributed by atoms with Crippen molar-refractivity contribution in [3.05, 3.63) is 62.7 Å². The average Bonchev–Trinajstić information content (AvgIpc) is 2.48. The van der Waals surface area contributed by atoms with Crippen LogP contribution in [0, 0.1) is 3.57 Å². The summed E-state index contributed by atoms with van der Waals surface area (Å²) >= 11 is 8.11. The lowest BCUT2D eigenvalue weighted by atomic mass is 10.1. The predicted octanol–water partition coefficient (Wildman–Crippen LogP) is 3.21. The van der Waals surface area contributed by atoms with Crippen LogP contribution in [0.25, 0.3) is 0 Å². The second kappa shape index (κ2) is 7.77. The van der Waals surface area contributed by atoms with Gasteiger partial charge in [-0.25, -0.2) is 0 Å². The molecule has 0 radical (unpaired) electrons. The van der Waals surface area contributed by atoms with Gasteiger partial charge >= 0.3 is 0 Å². The van der Waals surface area contributed by atoms with Gasteiger partial charge in [-0.1, -0.05) is 23.7 Å². The fourth-order valence-electron chi connectivity index (χ4n) is 1.93. The smallest absolute Gasteiger partial charge is 0.279 e. The molecule has 0 spiro atoms. The van der Waals surface area contributed by atoms with Crippen LogP contribution >= 0.6 is 34.2 Å². The van der Waals surface area contributed by atoms with Gasteiger partial charge in [0.2, 0.25) is 0 Å². The van der Waals surface area contributed by atoms with E-state index in [-0.39, 0.29) is 11.9 Å². The normalized spacial score (nSPS) is 12.0. The summed E-state index contributed by atoms with van der Waals surface area (Å²) in [6.45, 7) is 2.46. The number of carbonyl (C=O) groups excluding carboxylic acids is 1. The molecular formula is C16H17ClIN2O+. The van der Waals surface area contributed by atoms with Crippen LogP contribution in [0.4, 0.5) is 5.69 Å². The molecule has 110 valence electrons. The van der Waals surface area contributed by atoms with Crippen LogP contribution in [0.5, 0.6) is 0 Å². The summed E-state index contributed by atoms with van der Waals surface area (Å²) in [5.41, 5.74) is 1.98. The third-order valence-electron chi connectivity index (χ3n) is 3.18. The average molecular weight is 416 g/mol. The molecule has 0 fully saturated rings. The molecule has 0 aliphatic rings. The summed E-state index contributed by atoms with van der Waals surface area (Å²) in [5, 5.41) is 5.62. The van der Waals surface area contributed by atoms with Gasteiger partial charge < -0.3 is 10.6 Å². The van der Waals surface area contributed by atoms with E-state index in [4.69, 9.17) is 11.6 Å². The zero-order valence-electron chi connectivity index (χ0n) is 11.6. The third kappa shape index (κ3) is 5.30. The van der Waals surface area contributed by atoms with Gasteiger partial charge in [0, 0.05) is 19.8 Å². The molecule has 2 rings (SSSR count). The minimum Gasteiger partial charge on any atom is -0.333 e. The second-order valence-corrected chi connectivity index (χ2v) is 6.52. The van der Waals surface area contributed by atoms with Crippen molar-refractivity contribution in [2.75, 3.05) is 11.9 Å². The number of quaternary nitrogens is 1. The minimum atomic E-state index is -0.00276. The van der Waals surface area contributed by atoms with Gasteiger partial charge in [-0.05, 0) is 65.9 Å². The summed E-state index contributed by atoms with van der Waals surface area (Å²) in [4.78, 5) is 11.9. The Morgan fingerprint density at radius 3 is 2.43 bits per heavy atom. The Morgan fingerprint density at radius 1 is 1.19 bits per heavy atom. The monoisotopic (exact) mass is 415 g/mol. The lowest BCUT2D eigenvalue weighted by Gasteiger charge is -2.11. The van der Waals surface area contributed by atoms with Gasteiger partial charge in [0.25, 0.3) is 5.91 Å². The lowest BCUT2D eigenvalue weighted by molar-refractivity contribution is -0.682. The predicted molar refractivity (Wildman–Crippen MR) is 94.4 cm³/mol. The lowest BCUT2D eigenvalue weighted by Crippen LogP contribution is -2.86. The number of nitrogens with one attached hydrogen (secondary N) is 1. The molecule has 3 nitrogen and oxygen atoms in total. The maximum Gasteiger partial charge on any atom is 0.279 e. The Labute approximate surface area is 143 Å². The van der Waals surface area contributed by atoms with E-state index < -0.39 is 0 Å². The molecular weight excluding hydrogens is 399 g/mol. The van der Waals surface area contributed by atoms with Crippen LogP contribution in [-0.2, 0) is 4.79 Å². The van der Waals surface area contributed by atoms with E-state index in [0.29, 0.717) is 6.54 Å². The van der Waals surface area contributed by atoms with Gasteiger partial charge in [0.15, 0.2) is 6.54 Å². The molecule has 2 aromatic carbocycles. The van der Waals surface area contributed by atoms with Gasteiger partial charge in [0.05, 0.1) is 0 Å². The zero-order chi connectivity index (χ0) is 15.2. The maximum atomic E-state index is 11.9. The van der Waals surface area contributed by atoms with Crippen LogP contribution in [0.15, 0.2) is 48.5 Å². The molecule has 0 saturated heterocycles. The molecule has 0 aliphatic carbocycles. The first kappa shape index (κ1) is 16.3. The van der Waals surface area contributed by atoms with Gasteiger partial charge in [-0.2, -0.15) is 0 Å². The summed E-state index contributed by atoms with van der Waals surface area (Å²) in [6.07, 6.45) is 0. The van der Waals surface area contributed by atoms with Gasteiger partial charge in [0.1, 0.15) is 6.04 Å². The summed E-state index contributed by atoms with van der Waals surface area (Å²) in [7, 11) is 0. The summed E-state index contributed by atoms with van der Waals surface area (Å²) in [6, 6.07) is 15.7. The van der Waals surface area contributed by atoms with E-state index in [1.807, 2.05) is 53.8 Å². The Kier molecular flexibility index (Phi) is 6.02. The maximum absolute atomic E-state index is 11.9. The van der Waals surface area contributed by atoms with Crippen LogP contribution in [0.3, 0.4) is 0 Å². The van der Waals surface area contributed by atoms with E-state index in [0.717, 1.165) is 19.8 Å². The first-order valence-electron chi connectivity index (χ1n) is 6.69. The minimum absolute atomic E-state index is 0.00276. The molecule has 0 aromatic heterocycles. The molecule has 21 heavy (non-hydrogen) atoms. The first-order valence-corrected chi connectivity index (χ1v) is 8.14. The number of benzene rings is 2. The molecule has 3 N–H and O–H groups in total. The number of hydrogen-bond acceptors (Lipinski definition) is 1. The van der Waals surface area contributed by atoms with E-state index in [1.165, 1.54) is 0 Å². The number of hydrogen-bond donors (Lipinski definition) is 2. The standard InChI is InChI=1S/C16H16ClIN2O/c1-11(12-2-4-13(17)5-3-12)19-10-16(21)20-15-8-6-14(18)7-9-15/h2-9,11,19H,10H2,1H3,(H,20,21)/p+1/t11-/m1/s1. The molecule has 1 atom stereocenters. The number of anilines is 1. The molecule has 0 bridgehead atoms. The first-order chi connectivity index (χ1) is 10.0. The van der Waals surface area contributed by atoms with Crippen LogP contribution < -0.4 is 10.6 Å². The highest BCUT2D eigenvalue weighted by Gasteiger charge is 2.11. The molecule has 0 heterocycles. The topological polar surface area (TPSA) is 45.7 Å². The highest BCUT2D eigenvalue weighted by atomic mass is 127. The van der Waals surface area contributed by atoms with Crippen molar-refractivity contribution >= 4 is 45.8 Å². The Balaban J connectivity index is 1.83. The van der Waals surface area contributed by atoms with Gasteiger partial charge in [-0.15, -0.1) is 0 Å². The Bertz CT molecular complexity index is 599. The Hall–Kier alpha value is -1.11. The molecule has 1 amide bonds. The number of nitrogens with two attached hydrogens (primary N) is 1. The van der Waals surface area contributed by atoms with Gasteiger partial charge in [-0.3, -0.25) is 4.79 Å². The zero-order valence-corrected chi connectivity index (χ0v) is 14.6. The second-order valence-electron chi connectivity index (χ2n) is 4.84. The van der Waals surface area contributed by atoms with E-state index >= 15 is 0 Å².